The van der Waals surface area contributed by atoms with Crippen LogP contribution < -0.4 is 0 Å². The maximum atomic E-state index is 8.77. The highest BCUT2D eigenvalue weighted by Crippen LogP contribution is 2.06. The molecule has 0 spiro atoms. The summed E-state index contributed by atoms with van der Waals surface area (Å²) in [7, 11) is -1.36. The third-order valence-electron chi connectivity index (χ3n) is 1.60. The maximum Gasteiger partial charge on any atom is 0.483 e. The number of allylic oxidation sites excluding steroid dienone is 1. The molecule has 0 radical (unpaired) electrons. The zero-order chi connectivity index (χ0) is 8.97. The first-order valence-electron chi connectivity index (χ1n) is 3.79. The van der Waals surface area contributed by atoms with E-state index in [0.717, 1.165) is 5.56 Å². The number of hydrogen-bond donors (Lipinski definition) is 2. The Balaban J connectivity index is 2.81. The Bertz CT molecular complexity index is 267. The second-order valence-corrected chi connectivity index (χ2v) is 2.67. The van der Waals surface area contributed by atoms with Gasteiger partial charge in [-0.25, -0.2) is 0 Å². The molecular weight excluding hydrogens is 151 g/mol. The summed E-state index contributed by atoms with van der Waals surface area (Å²) >= 11 is 0. The van der Waals surface area contributed by atoms with Crippen molar-refractivity contribution in [2.24, 2.45) is 0 Å². The van der Waals surface area contributed by atoms with E-state index < -0.39 is 7.12 Å². The zero-order valence-corrected chi connectivity index (χ0v) is 6.94. The van der Waals surface area contributed by atoms with Crippen LogP contribution >= 0.6 is 0 Å². The quantitative estimate of drug-likeness (QED) is 0.639. The second-order valence-electron chi connectivity index (χ2n) is 2.67. The Morgan fingerprint density at radius 2 is 1.83 bits per heavy atom. The minimum absolute atomic E-state index is 0.543. The summed E-state index contributed by atoms with van der Waals surface area (Å²) in [6.07, 6.45) is 1.74. The van der Waals surface area contributed by atoms with Crippen LogP contribution in [-0.4, -0.2) is 17.2 Å². The van der Waals surface area contributed by atoms with Gasteiger partial charge in [-0.1, -0.05) is 36.4 Å². The smallest absolute Gasteiger partial charge is 0.423 e. The average Bonchev–Trinajstić information content (AvgIpc) is 2.06. The molecular formula is C9H11BO2. The fraction of sp³-hybridized carbons (Fsp3) is 0.111. The third kappa shape index (κ3) is 2.53. The molecule has 0 amide bonds. The minimum Gasteiger partial charge on any atom is -0.423 e. The van der Waals surface area contributed by atoms with E-state index in [-0.39, 0.29) is 0 Å². The molecule has 3 heteroatoms. The van der Waals surface area contributed by atoms with E-state index >= 15 is 0 Å². The van der Waals surface area contributed by atoms with Crippen LogP contribution in [0, 0.1) is 0 Å². The molecule has 0 bridgehead atoms. The van der Waals surface area contributed by atoms with Gasteiger partial charge in [0.1, 0.15) is 0 Å². The molecule has 0 aromatic heterocycles. The lowest BCUT2D eigenvalue weighted by atomic mass is 9.80. The lowest BCUT2D eigenvalue weighted by Gasteiger charge is -1.97. The summed E-state index contributed by atoms with van der Waals surface area (Å²) in [5, 5.41) is 17.5. The molecule has 0 heterocycles. The molecule has 0 unspecified atom stereocenters. The van der Waals surface area contributed by atoms with Gasteiger partial charge in [-0.3, -0.25) is 0 Å². The molecule has 1 aromatic carbocycles. The van der Waals surface area contributed by atoms with E-state index in [1.165, 1.54) is 0 Å². The van der Waals surface area contributed by atoms with Crippen LogP contribution in [0.4, 0.5) is 0 Å². The van der Waals surface area contributed by atoms with Gasteiger partial charge in [0.05, 0.1) is 0 Å². The fourth-order valence-electron chi connectivity index (χ4n) is 0.887. The molecule has 2 nitrogen and oxygen atoms in total. The van der Waals surface area contributed by atoms with Crippen molar-refractivity contribution in [3.8, 4) is 0 Å². The van der Waals surface area contributed by atoms with Gasteiger partial charge in [0, 0.05) is 0 Å². The lowest BCUT2D eigenvalue weighted by molar-refractivity contribution is 0.419. The molecule has 62 valence electrons. The van der Waals surface area contributed by atoms with Gasteiger partial charge in [-0.15, -0.1) is 0 Å². The molecule has 12 heavy (non-hydrogen) atoms. The van der Waals surface area contributed by atoms with Crippen molar-refractivity contribution in [3.63, 3.8) is 0 Å². The molecule has 0 saturated heterocycles. The van der Waals surface area contributed by atoms with Gasteiger partial charge < -0.3 is 10.0 Å². The zero-order valence-electron chi connectivity index (χ0n) is 6.94. The van der Waals surface area contributed by atoms with E-state index in [9.17, 15) is 0 Å². The van der Waals surface area contributed by atoms with Crippen LogP contribution in [0.1, 0.15) is 12.5 Å². The summed E-state index contributed by atoms with van der Waals surface area (Å²) in [6.45, 7) is 1.68. The normalized spacial score (nSPS) is 11.4. The highest BCUT2D eigenvalue weighted by atomic mass is 16.4. The molecule has 0 aliphatic heterocycles. The van der Waals surface area contributed by atoms with Gasteiger partial charge in [-0.2, -0.15) is 0 Å². The fourth-order valence-corrected chi connectivity index (χ4v) is 0.887. The SMILES string of the molecule is CC(=Cc1ccccc1)B(O)O. The summed E-state index contributed by atoms with van der Waals surface area (Å²) in [6, 6.07) is 9.55. The average molecular weight is 162 g/mol. The van der Waals surface area contributed by atoms with Gasteiger partial charge >= 0.3 is 7.12 Å². The Labute approximate surface area is 72.3 Å². The minimum atomic E-state index is -1.36. The first kappa shape index (κ1) is 9.04. The molecule has 0 atom stereocenters. The van der Waals surface area contributed by atoms with Crippen LogP contribution in [-0.2, 0) is 0 Å². The van der Waals surface area contributed by atoms with Crippen LogP contribution in [0.15, 0.2) is 35.8 Å². The molecule has 1 aromatic rings. The van der Waals surface area contributed by atoms with E-state index in [1.807, 2.05) is 30.3 Å². The van der Waals surface area contributed by atoms with E-state index in [4.69, 9.17) is 10.0 Å². The number of hydrogen-bond acceptors (Lipinski definition) is 2. The summed E-state index contributed by atoms with van der Waals surface area (Å²) in [5.41, 5.74) is 1.52. The number of rotatable bonds is 2. The van der Waals surface area contributed by atoms with Crippen molar-refractivity contribution in [2.75, 3.05) is 0 Å². The predicted octanol–water partition coefficient (Wildman–Crippen LogP) is 1.10. The molecule has 0 saturated carbocycles. The summed E-state index contributed by atoms with van der Waals surface area (Å²) in [4.78, 5) is 0. The standard InChI is InChI=1S/C9H11BO2/c1-8(10(11)12)7-9-5-3-2-4-6-9/h2-7,11-12H,1H3. The van der Waals surface area contributed by atoms with Crippen molar-refractivity contribution in [2.45, 2.75) is 6.92 Å². The van der Waals surface area contributed by atoms with Gasteiger partial charge in [0.15, 0.2) is 0 Å². The summed E-state index contributed by atoms with van der Waals surface area (Å²) in [5.74, 6) is 0. The van der Waals surface area contributed by atoms with E-state index in [2.05, 4.69) is 0 Å². The van der Waals surface area contributed by atoms with Crippen molar-refractivity contribution in [1.82, 2.24) is 0 Å². The van der Waals surface area contributed by atoms with Crippen LogP contribution in [0.5, 0.6) is 0 Å². The summed E-state index contributed by atoms with van der Waals surface area (Å²) < 4.78 is 0. The van der Waals surface area contributed by atoms with Crippen LogP contribution in [0.25, 0.3) is 6.08 Å². The molecule has 0 aliphatic carbocycles. The molecule has 0 fully saturated rings. The van der Waals surface area contributed by atoms with Gasteiger partial charge in [0.2, 0.25) is 0 Å². The van der Waals surface area contributed by atoms with Gasteiger partial charge in [0.25, 0.3) is 0 Å². The Morgan fingerprint density at radius 3 is 2.33 bits per heavy atom. The van der Waals surface area contributed by atoms with Crippen molar-refractivity contribution in [3.05, 3.63) is 41.4 Å². The molecule has 1 rings (SSSR count). The monoisotopic (exact) mass is 162 g/mol. The second kappa shape index (κ2) is 4.09. The van der Waals surface area contributed by atoms with Crippen LogP contribution in [0.2, 0.25) is 0 Å². The highest BCUT2D eigenvalue weighted by Gasteiger charge is 2.07. The van der Waals surface area contributed by atoms with E-state index in [0.29, 0.717) is 5.47 Å². The van der Waals surface area contributed by atoms with Crippen LogP contribution in [0.3, 0.4) is 0 Å². The highest BCUT2D eigenvalue weighted by molar-refractivity contribution is 6.51. The third-order valence-corrected chi connectivity index (χ3v) is 1.60. The van der Waals surface area contributed by atoms with Crippen molar-refractivity contribution < 1.29 is 10.0 Å². The van der Waals surface area contributed by atoms with Gasteiger partial charge in [-0.05, 0) is 18.0 Å². The largest absolute Gasteiger partial charge is 0.483 e. The number of benzene rings is 1. The molecule has 2 N–H and O–H groups in total. The first-order valence-corrected chi connectivity index (χ1v) is 3.79. The first-order chi connectivity index (χ1) is 5.70. The van der Waals surface area contributed by atoms with Crippen molar-refractivity contribution in [1.29, 1.82) is 0 Å². The lowest BCUT2D eigenvalue weighted by Crippen LogP contribution is -2.12. The predicted molar refractivity (Wildman–Crippen MR) is 50.3 cm³/mol. The Morgan fingerprint density at radius 1 is 1.25 bits per heavy atom. The molecule has 0 aliphatic rings. The Hall–Kier alpha value is -1.06. The van der Waals surface area contributed by atoms with E-state index in [1.54, 1.807) is 13.0 Å². The maximum absolute atomic E-state index is 8.77. The van der Waals surface area contributed by atoms with Crippen molar-refractivity contribution >= 4 is 13.2 Å². The Kier molecular flexibility index (Phi) is 3.08. The topological polar surface area (TPSA) is 40.5 Å².